The molecule has 3 heteroatoms. The lowest BCUT2D eigenvalue weighted by Crippen LogP contribution is -2.53. The average molecular weight is 337 g/mol. The zero-order chi connectivity index (χ0) is 16.9. The summed E-state index contributed by atoms with van der Waals surface area (Å²) in [5.74, 6) is 3.17. The number of fused-ring (bicyclic) bond motifs is 1. The normalized spacial score (nSPS) is 33.5. The van der Waals surface area contributed by atoms with Crippen molar-refractivity contribution < 1.29 is 9.52 Å². The van der Waals surface area contributed by atoms with Crippen LogP contribution in [0.1, 0.15) is 50.5 Å². The molecule has 4 bridgehead atoms. The standard InChI is InChI=1S/C22H27NO2/c24-21-9-18(20-5-6-25-14-20)3-4-19(21)13-23-22-10-15-1-2-16(11-22)8-17(7-15)12-22/h3-6,9,14-17,23-24H,1-2,7-8,10-13H2. The predicted octanol–water partition coefficient (Wildman–Crippen LogP) is 5.10. The fourth-order valence-electron chi connectivity index (χ4n) is 6.01. The molecule has 25 heavy (non-hydrogen) atoms. The van der Waals surface area contributed by atoms with Crippen molar-refractivity contribution in [1.82, 2.24) is 5.32 Å². The lowest BCUT2D eigenvalue weighted by molar-refractivity contribution is 0.0718. The number of benzene rings is 1. The molecule has 1 heterocycles. The highest BCUT2D eigenvalue weighted by atomic mass is 16.3. The van der Waals surface area contributed by atoms with Crippen molar-refractivity contribution in [3.8, 4) is 16.9 Å². The van der Waals surface area contributed by atoms with E-state index in [1.807, 2.05) is 12.1 Å². The van der Waals surface area contributed by atoms with Crippen molar-refractivity contribution in [3.05, 3.63) is 42.4 Å². The van der Waals surface area contributed by atoms with E-state index in [2.05, 4.69) is 17.4 Å². The van der Waals surface area contributed by atoms with E-state index in [4.69, 9.17) is 4.42 Å². The minimum Gasteiger partial charge on any atom is -0.508 e. The molecule has 0 amide bonds. The Kier molecular flexibility index (Phi) is 3.67. The number of rotatable bonds is 4. The minimum atomic E-state index is 0.322. The van der Waals surface area contributed by atoms with Gasteiger partial charge in [0.15, 0.2) is 0 Å². The zero-order valence-electron chi connectivity index (χ0n) is 14.7. The highest BCUT2D eigenvalue weighted by Crippen LogP contribution is 2.53. The number of aromatic hydroxyl groups is 1. The number of nitrogens with one attached hydrogen (secondary N) is 1. The second kappa shape index (κ2) is 5.91. The molecule has 0 aliphatic heterocycles. The van der Waals surface area contributed by atoms with E-state index in [1.54, 1.807) is 12.5 Å². The molecular formula is C22H27NO2. The Labute approximate surface area is 149 Å². The molecule has 4 saturated carbocycles. The summed E-state index contributed by atoms with van der Waals surface area (Å²) >= 11 is 0. The molecule has 6 rings (SSSR count). The maximum Gasteiger partial charge on any atom is 0.120 e. The van der Waals surface area contributed by atoms with E-state index in [-0.39, 0.29) is 0 Å². The molecule has 0 spiro atoms. The summed E-state index contributed by atoms with van der Waals surface area (Å²) in [5, 5.41) is 14.4. The van der Waals surface area contributed by atoms with E-state index in [0.717, 1.165) is 41.0 Å². The van der Waals surface area contributed by atoms with Crippen molar-refractivity contribution >= 4 is 0 Å². The van der Waals surface area contributed by atoms with E-state index in [0.29, 0.717) is 11.3 Å². The molecule has 2 atom stereocenters. The van der Waals surface area contributed by atoms with E-state index in [9.17, 15) is 5.11 Å². The molecule has 4 fully saturated rings. The molecule has 0 saturated heterocycles. The zero-order valence-corrected chi connectivity index (χ0v) is 14.7. The molecular weight excluding hydrogens is 310 g/mol. The Morgan fingerprint density at radius 1 is 1.00 bits per heavy atom. The number of hydrogen-bond acceptors (Lipinski definition) is 3. The molecule has 2 unspecified atom stereocenters. The van der Waals surface area contributed by atoms with Crippen LogP contribution in [-0.2, 0) is 6.54 Å². The molecule has 4 aliphatic carbocycles. The minimum absolute atomic E-state index is 0.322. The van der Waals surface area contributed by atoms with Gasteiger partial charge in [-0.15, -0.1) is 0 Å². The van der Waals surface area contributed by atoms with Crippen LogP contribution < -0.4 is 5.32 Å². The van der Waals surface area contributed by atoms with Crippen LogP contribution in [0.25, 0.3) is 11.1 Å². The summed E-state index contributed by atoms with van der Waals surface area (Å²) in [5.41, 5.74) is 3.33. The van der Waals surface area contributed by atoms with Gasteiger partial charge in [0.1, 0.15) is 5.75 Å². The number of phenols is 1. The van der Waals surface area contributed by atoms with Crippen LogP contribution in [-0.4, -0.2) is 10.6 Å². The van der Waals surface area contributed by atoms with Crippen LogP contribution in [0.15, 0.2) is 41.2 Å². The second-order valence-electron chi connectivity index (χ2n) is 8.75. The first-order valence-corrected chi connectivity index (χ1v) is 9.79. The largest absolute Gasteiger partial charge is 0.508 e. The van der Waals surface area contributed by atoms with Crippen molar-refractivity contribution in [3.63, 3.8) is 0 Å². The van der Waals surface area contributed by atoms with Gasteiger partial charge >= 0.3 is 0 Å². The third kappa shape index (κ3) is 2.89. The van der Waals surface area contributed by atoms with Crippen LogP contribution in [0.3, 0.4) is 0 Å². The highest BCUT2D eigenvalue weighted by molar-refractivity contribution is 5.64. The Morgan fingerprint density at radius 3 is 2.44 bits per heavy atom. The maximum absolute atomic E-state index is 10.5. The second-order valence-corrected chi connectivity index (χ2v) is 8.75. The lowest BCUT2D eigenvalue weighted by atomic mass is 9.63. The van der Waals surface area contributed by atoms with E-state index >= 15 is 0 Å². The van der Waals surface area contributed by atoms with Gasteiger partial charge in [-0.1, -0.05) is 25.0 Å². The third-order valence-electron chi connectivity index (χ3n) is 6.95. The van der Waals surface area contributed by atoms with Crippen LogP contribution in [0.5, 0.6) is 5.75 Å². The van der Waals surface area contributed by atoms with Gasteiger partial charge in [0.05, 0.1) is 12.5 Å². The van der Waals surface area contributed by atoms with Crippen LogP contribution in [0.4, 0.5) is 0 Å². The number of hydrogen-bond donors (Lipinski definition) is 2. The van der Waals surface area contributed by atoms with Crippen molar-refractivity contribution in [1.29, 1.82) is 0 Å². The third-order valence-corrected chi connectivity index (χ3v) is 6.95. The molecule has 4 aliphatic rings. The summed E-state index contributed by atoms with van der Waals surface area (Å²) in [7, 11) is 0. The summed E-state index contributed by atoms with van der Waals surface area (Å²) < 4.78 is 5.14. The van der Waals surface area contributed by atoms with E-state index in [1.165, 1.54) is 44.9 Å². The SMILES string of the molecule is Oc1cc(-c2ccoc2)ccc1CNC12CC3CCC(CC(C3)C1)C2. The molecule has 1 aromatic carbocycles. The topological polar surface area (TPSA) is 45.4 Å². The summed E-state index contributed by atoms with van der Waals surface area (Å²) in [6.07, 6.45) is 13.2. The summed E-state index contributed by atoms with van der Waals surface area (Å²) in [4.78, 5) is 0. The lowest BCUT2D eigenvalue weighted by Gasteiger charge is -2.49. The first-order chi connectivity index (χ1) is 12.2. The first-order valence-electron chi connectivity index (χ1n) is 9.79. The molecule has 132 valence electrons. The van der Waals surface area contributed by atoms with Gasteiger partial charge in [-0.25, -0.2) is 0 Å². The first kappa shape index (κ1) is 15.5. The van der Waals surface area contributed by atoms with Gasteiger partial charge in [-0.2, -0.15) is 0 Å². The fraction of sp³-hybridized carbons (Fsp3) is 0.545. The van der Waals surface area contributed by atoms with Crippen LogP contribution >= 0.6 is 0 Å². The fourth-order valence-corrected chi connectivity index (χ4v) is 6.01. The van der Waals surface area contributed by atoms with Gasteiger partial charge in [0, 0.05) is 23.2 Å². The molecule has 3 nitrogen and oxygen atoms in total. The van der Waals surface area contributed by atoms with Gasteiger partial charge in [0.25, 0.3) is 0 Å². The van der Waals surface area contributed by atoms with Crippen LogP contribution in [0, 0.1) is 17.8 Å². The van der Waals surface area contributed by atoms with Gasteiger partial charge in [-0.3, -0.25) is 0 Å². The quantitative estimate of drug-likeness (QED) is 0.816. The molecule has 0 radical (unpaired) electrons. The Balaban J connectivity index is 1.33. The Bertz CT molecular complexity index is 735. The van der Waals surface area contributed by atoms with E-state index < -0.39 is 0 Å². The molecule has 2 aromatic rings. The van der Waals surface area contributed by atoms with Crippen molar-refractivity contribution in [2.45, 2.75) is 57.0 Å². The number of furan rings is 1. The van der Waals surface area contributed by atoms with Gasteiger partial charge < -0.3 is 14.8 Å². The smallest absolute Gasteiger partial charge is 0.120 e. The average Bonchev–Trinajstić information content (AvgIpc) is 3.05. The predicted molar refractivity (Wildman–Crippen MR) is 98.2 cm³/mol. The summed E-state index contributed by atoms with van der Waals surface area (Å²) in [6.45, 7) is 0.768. The monoisotopic (exact) mass is 337 g/mol. The Hall–Kier alpha value is -1.74. The van der Waals surface area contributed by atoms with Crippen molar-refractivity contribution in [2.24, 2.45) is 17.8 Å². The van der Waals surface area contributed by atoms with Gasteiger partial charge in [-0.05, 0) is 67.6 Å². The number of phenolic OH excluding ortho intramolecular Hbond substituents is 1. The van der Waals surface area contributed by atoms with Gasteiger partial charge in [0.2, 0.25) is 0 Å². The maximum atomic E-state index is 10.5. The van der Waals surface area contributed by atoms with Crippen LogP contribution in [0.2, 0.25) is 0 Å². The highest BCUT2D eigenvalue weighted by Gasteiger charge is 2.48. The van der Waals surface area contributed by atoms with Crippen molar-refractivity contribution in [2.75, 3.05) is 0 Å². The molecule has 1 aromatic heterocycles. The summed E-state index contributed by atoms with van der Waals surface area (Å²) in [6, 6.07) is 7.91. The molecule has 2 N–H and O–H groups in total. The Morgan fingerprint density at radius 2 is 1.76 bits per heavy atom.